The summed E-state index contributed by atoms with van der Waals surface area (Å²) in [7, 11) is 0. The van der Waals surface area contributed by atoms with Gasteiger partial charge in [-0.1, -0.05) is 17.7 Å². The summed E-state index contributed by atoms with van der Waals surface area (Å²) in [5.74, 6) is 1.06. The van der Waals surface area contributed by atoms with Crippen LogP contribution in [0, 0.1) is 13.8 Å². The van der Waals surface area contributed by atoms with Crippen molar-refractivity contribution in [3.05, 3.63) is 69.8 Å². The molecule has 0 radical (unpaired) electrons. The Bertz CT molecular complexity index is 1470. The lowest BCUT2D eigenvalue weighted by atomic mass is 10.2. The van der Waals surface area contributed by atoms with Gasteiger partial charge in [0.2, 0.25) is 5.91 Å². The first-order valence-electron chi connectivity index (χ1n) is 11.7. The molecule has 9 heteroatoms. The molecule has 0 saturated carbocycles. The van der Waals surface area contributed by atoms with E-state index in [-0.39, 0.29) is 24.3 Å². The van der Waals surface area contributed by atoms with Crippen LogP contribution in [0.2, 0.25) is 0 Å². The van der Waals surface area contributed by atoms with E-state index >= 15 is 0 Å². The Kier molecular flexibility index (Phi) is 5.98. The molecule has 3 heterocycles. The van der Waals surface area contributed by atoms with Crippen molar-refractivity contribution >= 4 is 22.8 Å². The minimum atomic E-state index is -0.210. The average Bonchev–Trinajstić information content (AvgIpc) is 3.19. The smallest absolute Gasteiger partial charge is 0.273 e. The first-order chi connectivity index (χ1) is 16.9. The largest absolute Gasteiger partial charge is 0.486 e. The van der Waals surface area contributed by atoms with E-state index in [9.17, 15) is 9.59 Å². The topological polar surface area (TPSA) is 100 Å². The van der Waals surface area contributed by atoms with Gasteiger partial charge in [0.15, 0.2) is 17.1 Å². The first-order valence-corrected chi connectivity index (χ1v) is 11.7. The maximum absolute atomic E-state index is 13.3. The number of carbonyl (C=O) groups excluding carboxylic acids is 1. The SMILES string of the molecule is CCn1c(=O)c(CCC(=O)Nc2ccc3c(c2)OCCO3)nc2c(C)nn(-c3ccc(C)cc3)c21. The minimum absolute atomic E-state index is 0.122. The minimum Gasteiger partial charge on any atom is -0.486 e. The lowest BCUT2D eigenvalue weighted by Crippen LogP contribution is -2.27. The van der Waals surface area contributed by atoms with Crippen LogP contribution in [0.1, 0.15) is 30.3 Å². The maximum Gasteiger partial charge on any atom is 0.273 e. The molecule has 0 aliphatic carbocycles. The molecule has 0 atom stereocenters. The van der Waals surface area contributed by atoms with Crippen LogP contribution in [-0.4, -0.2) is 38.5 Å². The molecule has 2 aromatic heterocycles. The summed E-state index contributed by atoms with van der Waals surface area (Å²) >= 11 is 0. The van der Waals surface area contributed by atoms with Crippen LogP contribution in [0.25, 0.3) is 16.9 Å². The Morgan fingerprint density at radius 2 is 1.80 bits per heavy atom. The molecule has 5 rings (SSSR count). The fourth-order valence-electron chi connectivity index (χ4n) is 4.21. The molecule has 0 saturated heterocycles. The van der Waals surface area contributed by atoms with E-state index in [2.05, 4.69) is 15.4 Å². The van der Waals surface area contributed by atoms with Crippen LogP contribution in [0.4, 0.5) is 5.69 Å². The van der Waals surface area contributed by atoms with Gasteiger partial charge in [-0.15, -0.1) is 0 Å². The molecular weight excluding hydrogens is 446 g/mol. The third-order valence-corrected chi connectivity index (χ3v) is 6.01. The monoisotopic (exact) mass is 473 g/mol. The fraction of sp³-hybridized carbons (Fsp3) is 0.308. The van der Waals surface area contributed by atoms with Crippen LogP contribution < -0.4 is 20.3 Å². The molecule has 1 aliphatic rings. The molecular formula is C26H27N5O4. The standard InChI is InChI=1S/C26H27N5O4/c1-4-30-25-24(17(3)29-31(25)19-8-5-16(2)6-9-19)28-20(26(30)33)10-12-23(32)27-18-7-11-21-22(15-18)35-14-13-34-21/h5-9,11,15H,4,10,12-14H2,1-3H3,(H,27,32). The Morgan fingerprint density at radius 1 is 1.06 bits per heavy atom. The zero-order valence-corrected chi connectivity index (χ0v) is 20.0. The molecule has 0 spiro atoms. The molecule has 0 unspecified atom stereocenters. The number of benzene rings is 2. The number of nitrogens with one attached hydrogen (secondary N) is 1. The molecule has 1 aliphatic heterocycles. The van der Waals surface area contributed by atoms with Crippen LogP contribution in [0.5, 0.6) is 11.5 Å². The highest BCUT2D eigenvalue weighted by molar-refractivity contribution is 5.91. The molecule has 1 amide bonds. The molecule has 35 heavy (non-hydrogen) atoms. The van der Waals surface area contributed by atoms with Gasteiger partial charge >= 0.3 is 0 Å². The normalized spacial score (nSPS) is 12.7. The van der Waals surface area contributed by atoms with Crippen LogP contribution in [0.15, 0.2) is 47.3 Å². The number of amides is 1. The number of hydrogen-bond donors (Lipinski definition) is 1. The Morgan fingerprint density at radius 3 is 2.54 bits per heavy atom. The molecule has 9 nitrogen and oxygen atoms in total. The van der Waals surface area contributed by atoms with Crippen molar-refractivity contribution in [3.63, 3.8) is 0 Å². The summed E-state index contributed by atoms with van der Waals surface area (Å²) < 4.78 is 14.5. The second-order valence-corrected chi connectivity index (χ2v) is 8.52. The van der Waals surface area contributed by atoms with Gasteiger partial charge in [0.05, 0.1) is 11.4 Å². The number of hydrogen-bond acceptors (Lipinski definition) is 6. The van der Waals surface area contributed by atoms with Gasteiger partial charge in [0.25, 0.3) is 5.56 Å². The van der Waals surface area contributed by atoms with E-state index in [4.69, 9.17) is 9.47 Å². The van der Waals surface area contributed by atoms with Gasteiger partial charge < -0.3 is 14.8 Å². The summed E-state index contributed by atoms with van der Waals surface area (Å²) in [4.78, 5) is 30.6. The quantitative estimate of drug-likeness (QED) is 0.460. The first kappa shape index (κ1) is 22.6. The van der Waals surface area contributed by atoms with Crippen molar-refractivity contribution in [1.29, 1.82) is 0 Å². The summed E-state index contributed by atoms with van der Waals surface area (Å²) in [6, 6.07) is 13.2. The number of rotatable bonds is 6. The van der Waals surface area contributed by atoms with Gasteiger partial charge in [0.1, 0.15) is 24.4 Å². The van der Waals surface area contributed by atoms with E-state index in [1.54, 1.807) is 27.4 Å². The predicted octanol–water partition coefficient (Wildman–Crippen LogP) is 3.56. The van der Waals surface area contributed by atoms with Gasteiger partial charge in [-0.05, 0) is 45.0 Å². The molecule has 4 aromatic rings. The van der Waals surface area contributed by atoms with E-state index in [1.165, 1.54) is 0 Å². The average molecular weight is 474 g/mol. The van der Waals surface area contributed by atoms with Gasteiger partial charge in [-0.2, -0.15) is 5.10 Å². The van der Waals surface area contributed by atoms with Crippen molar-refractivity contribution in [1.82, 2.24) is 19.3 Å². The van der Waals surface area contributed by atoms with Crippen molar-refractivity contribution in [3.8, 4) is 17.2 Å². The Labute approximate surface area is 202 Å². The third-order valence-electron chi connectivity index (χ3n) is 6.01. The zero-order chi connectivity index (χ0) is 24.5. The summed E-state index contributed by atoms with van der Waals surface area (Å²) in [6.07, 6.45) is 0.345. The maximum atomic E-state index is 13.3. The number of aryl methyl sites for hydroxylation is 4. The Balaban J connectivity index is 1.39. The second-order valence-electron chi connectivity index (χ2n) is 8.52. The van der Waals surface area contributed by atoms with Crippen LogP contribution >= 0.6 is 0 Å². The molecule has 0 bridgehead atoms. The van der Waals surface area contributed by atoms with E-state index in [0.29, 0.717) is 53.8 Å². The predicted molar refractivity (Wildman–Crippen MR) is 133 cm³/mol. The van der Waals surface area contributed by atoms with Crippen molar-refractivity contribution < 1.29 is 14.3 Å². The Hall–Kier alpha value is -4.14. The molecule has 0 fully saturated rings. The van der Waals surface area contributed by atoms with Gasteiger partial charge in [-0.3, -0.25) is 14.2 Å². The van der Waals surface area contributed by atoms with Crippen molar-refractivity contribution in [2.24, 2.45) is 0 Å². The van der Waals surface area contributed by atoms with Gasteiger partial charge in [0, 0.05) is 31.1 Å². The summed E-state index contributed by atoms with van der Waals surface area (Å²) in [6.45, 7) is 7.27. The highest BCUT2D eigenvalue weighted by atomic mass is 16.6. The summed E-state index contributed by atoms with van der Waals surface area (Å²) in [5, 5.41) is 7.52. The lowest BCUT2D eigenvalue weighted by Gasteiger charge is -2.19. The third kappa shape index (κ3) is 4.37. The number of anilines is 1. The number of carbonyl (C=O) groups is 1. The van der Waals surface area contributed by atoms with Gasteiger partial charge in [-0.25, -0.2) is 9.67 Å². The number of fused-ring (bicyclic) bond motifs is 2. The highest BCUT2D eigenvalue weighted by Gasteiger charge is 2.19. The van der Waals surface area contributed by atoms with Crippen LogP contribution in [0.3, 0.4) is 0 Å². The number of ether oxygens (including phenoxy) is 2. The highest BCUT2D eigenvalue weighted by Crippen LogP contribution is 2.32. The van der Waals surface area contributed by atoms with Crippen molar-refractivity contribution in [2.75, 3.05) is 18.5 Å². The number of aromatic nitrogens is 4. The van der Waals surface area contributed by atoms with E-state index in [1.807, 2.05) is 45.0 Å². The van der Waals surface area contributed by atoms with Crippen LogP contribution in [-0.2, 0) is 17.8 Å². The summed E-state index contributed by atoms with van der Waals surface area (Å²) in [5.41, 5.74) is 4.81. The molecule has 2 aromatic carbocycles. The van der Waals surface area contributed by atoms with E-state index < -0.39 is 0 Å². The molecule has 1 N–H and O–H groups in total. The van der Waals surface area contributed by atoms with Crippen molar-refractivity contribution in [2.45, 2.75) is 40.2 Å². The second kappa shape index (κ2) is 9.25. The lowest BCUT2D eigenvalue weighted by molar-refractivity contribution is -0.116. The fourth-order valence-corrected chi connectivity index (χ4v) is 4.21. The van der Waals surface area contributed by atoms with E-state index in [0.717, 1.165) is 16.9 Å². The molecule has 180 valence electrons. The number of nitrogens with zero attached hydrogens (tertiary/aromatic N) is 4. The zero-order valence-electron chi connectivity index (χ0n) is 20.0.